The molecule has 3 heteroatoms. The number of amides is 1. The van der Waals surface area contributed by atoms with Crippen LogP contribution in [0.5, 0.6) is 0 Å². The van der Waals surface area contributed by atoms with Crippen LogP contribution in [-0.2, 0) is 10.2 Å². The molecule has 1 atom stereocenters. The summed E-state index contributed by atoms with van der Waals surface area (Å²) in [6.45, 7) is 10.9. The first kappa shape index (κ1) is 17.7. The molecule has 0 saturated heterocycles. The molecule has 118 valence electrons. The monoisotopic (exact) mass is 290 g/mol. The number of nitrogens with one attached hydrogen (secondary N) is 1. The van der Waals surface area contributed by atoms with Crippen molar-refractivity contribution < 1.29 is 4.79 Å². The van der Waals surface area contributed by atoms with Crippen LogP contribution in [0.4, 0.5) is 0 Å². The van der Waals surface area contributed by atoms with Gasteiger partial charge < -0.3 is 11.1 Å². The summed E-state index contributed by atoms with van der Waals surface area (Å²) in [5.74, 6) is -0.0651. The molecule has 1 rings (SSSR count). The van der Waals surface area contributed by atoms with E-state index in [4.69, 9.17) is 5.73 Å². The molecule has 3 nitrogen and oxygen atoms in total. The minimum Gasteiger partial charge on any atom is -0.354 e. The van der Waals surface area contributed by atoms with Crippen LogP contribution in [0.25, 0.3) is 0 Å². The molecule has 21 heavy (non-hydrogen) atoms. The molecule has 0 bridgehead atoms. The zero-order valence-corrected chi connectivity index (χ0v) is 14.1. The molecule has 0 radical (unpaired) electrons. The molecular weight excluding hydrogens is 260 g/mol. The van der Waals surface area contributed by atoms with Crippen molar-refractivity contribution in [3.8, 4) is 0 Å². The molecule has 0 spiro atoms. The van der Waals surface area contributed by atoms with Crippen molar-refractivity contribution in [3.05, 3.63) is 35.9 Å². The Labute approximate surface area is 129 Å². The maximum absolute atomic E-state index is 12.3. The topological polar surface area (TPSA) is 55.1 Å². The van der Waals surface area contributed by atoms with Gasteiger partial charge in [-0.25, -0.2) is 0 Å². The predicted molar refractivity (Wildman–Crippen MR) is 89.1 cm³/mol. The van der Waals surface area contributed by atoms with E-state index in [1.54, 1.807) is 0 Å². The molecule has 0 aliphatic heterocycles. The molecule has 0 aliphatic rings. The van der Waals surface area contributed by atoms with Gasteiger partial charge in [0.05, 0.1) is 6.04 Å². The first-order valence-corrected chi connectivity index (χ1v) is 7.85. The molecule has 1 aromatic rings. The van der Waals surface area contributed by atoms with Crippen molar-refractivity contribution in [2.45, 2.75) is 58.9 Å². The lowest BCUT2D eigenvalue weighted by Crippen LogP contribution is -2.51. The number of hydrogen-bond acceptors (Lipinski definition) is 2. The van der Waals surface area contributed by atoms with E-state index in [2.05, 4.69) is 43.4 Å². The van der Waals surface area contributed by atoms with Crippen LogP contribution in [0, 0.1) is 5.41 Å². The van der Waals surface area contributed by atoms with Gasteiger partial charge in [-0.2, -0.15) is 0 Å². The van der Waals surface area contributed by atoms with Gasteiger partial charge >= 0.3 is 0 Å². The Morgan fingerprint density at radius 1 is 1.14 bits per heavy atom. The second-order valence-electron chi connectivity index (χ2n) is 6.91. The molecule has 0 heterocycles. The number of carbonyl (C=O) groups is 1. The Morgan fingerprint density at radius 3 is 2.10 bits per heavy atom. The SMILES string of the molecule is CCC(CC)(CNC(=O)[C@@H](N)C(C)(C)C)c1ccccc1. The third-order valence-electron chi connectivity index (χ3n) is 4.56. The fraction of sp³-hybridized carbons (Fsp3) is 0.611. The summed E-state index contributed by atoms with van der Waals surface area (Å²) in [7, 11) is 0. The Hall–Kier alpha value is -1.35. The smallest absolute Gasteiger partial charge is 0.237 e. The minimum absolute atomic E-state index is 0.0193. The van der Waals surface area contributed by atoms with E-state index in [9.17, 15) is 4.79 Å². The van der Waals surface area contributed by atoms with Crippen LogP contribution in [0.2, 0.25) is 0 Å². The zero-order valence-electron chi connectivity index (χ0n) is 14.1. The van der Waals surface area contributed by atoms with Crippen molar-refractivity contribution in [3.63, 3.8) is 0 Å². The van der Waals surface area contributed by atoms with E-state index >= 15 is 0 Å². The van der Waals surface area contributed by atoms with E-state index < -0.39 is 6.04 Å². The second kappa shape index (κ2) is 7.08. The lowest BCUT2D eigenvalue weighted by molar-refractivity contribution is -0.124. The molecule has 1 aromatic carbocycles. The molecule has 0 aromatic heterocycles. The van der Waals surface area contributed by atoms with Crippen LogP contribution in [0.3, 0.4) is 0 Å². The van der Waals surface area contributed by atoms with Crippen LogP contribution in [-0.4, -0.2) is 18.5 Å². The van der Waals surface area contributed by atoms with E-state index in [0.717, 1.165) is 12.8 Å². The summed E-state index contributed by atoms with van der Waals surface area (Å²) < 4.78 is 0. The summed E-state index contributed by atoms with van der Waals surface area (Å²) in [6.07, 6.45) is 1.97. The van der Waals surface area contributed by atoms with Crippen molar-refractivity contribution in [1.82, 2.24) is 5.32 Å². The van der Waals surface area contributed by atoms with Crippen LogP contribution >= 0.6 is 0 Å². The molecule has 0 fully saturated rings. The van der Waals surface area contributed by atoms with E-state index in [0.29, 0.717) is 6.54 Å². The normalized spacial score (nSPS) is 13.8. The van der Waals surface area contributed by atoms with Crippen LogP contribution in [0.1, 0.15) is 53.0 Å². The van der Waals surface area contributed by atoms with Crippen molar-refractivity contribution in [1.29, 1.82) is 0 Å². The van der Waals surface area contributed by atoms with E-state index in [-0.39, 0.29) is 16.7 Å². The zero-order chi connectivity index (χ0) is 16.1. The van der Waals surface area contributed by atoms with Gasteiger partial charge in [-0.15, -0.1) is 0 Å². The van der Waals surface area contributed by atoms with Gasteiger partial charge in [-0.05, 0) is 23.8 Å². The Balaban J connectivity index is 2.84. The molecule has 0 saturated carbocycles. The fourth-order valence-electron chi connectivity index (χ4n) is 2.56. The highest BCUT2D eigenvalue weighted by molar-refractivity contribution is 5.82. The Kier molecular flexibility index (Phi) is 5.97. The number of rotatable bonds is 6. The summed E-state index contributed by atoms with van der Waals surface area (Å²) >= 11 is 0. The standard InChI is InChI=1S/C18H30N2O/c1-6-18(7-2,14-11-9-8-10-12-14)13-20-16(21)15(19)17(3,4)5/h8-12,15H,6-7,13,19H2,1-5H3,(H,20,21)/t15-/m1/s1. The molecular formula is C18H30N2O. The van der Waals surface area contributed by atoms with Crippen molar-refractivity contribution >= 4 is 5.91 Å². The predicted octanol–water partition coefficient (Wildman–Crippen LogP) is 3.23. The van der Waals surface area contributed by atoms with Gasteiger partial charge in [0.2, 0.25) is 5.91 Å². The Bertz CT molecular complexity index is 444. The number of nitrogens with two attached hydrogens (primary N) is 1. The van der Waals surface area contributed by atoms with Gasteiger partial charge in [-0.3, -0.25) is 4.79 Å². The van der Waals surface area contributed by atoms with Gasteiger partial charge in [0.1, 0.15) is 0 Å². The minimum atomic E-state index is -0.486. The highest BCUT2D eigenvalue weighted by Crippen LogP contribution is 2.31. The highest BCUT2D eigenvalue weighted by atomic mass is 16.2. The third kappa shape index (κ3) is 4.31. The van der Waals surface area contributed by atoms with Crippen LogP contribution in [0.15, 0.2) is 30.3 Å². The summed E-state index contributed by atoms with van der Waals surface area (Å²) in [4.78, 5) is 12.3. The molecule has 3 N–H and O–H groups in total. The van der Waals surface area contributed by atoms with Crippen molar-refractivity contribution in [2.75, 3.05) is 6.54 Å². The summed E-state index contributed by atoms with van der Waals surface area (Å²) in [5, 5.41) is 3.07. The average molecular weight is 290 g/mol. The first-order valence-electron chi connectivity index (χ1n) is 7.85. The molecule has 1 amide bonds. The third-order valence-corrected chi connectivity index (χ3v) is 4.56. The number of hydrogen-bond donors (Lipinski definition) is 2. The lowest BCUT2D eigenvalue weighted by Gasteiger charge is -2.34. The maximum atomic E-state index is 12.3. The van der Waals surface area contributed by atoms with E-state index in [1.807, 2.05) is 26.8 Å². The average Bonchev–Trinajstić information content (AvgIpc) is 2.48. The first-order chi connectivity index (χ1) is 9.77. The summed E-state index contributed by atoms with van der Waals surface area (Å²) in [5.41, 5.74) is 7.07. The number of benzene rings is 1. The van der Waals surface area contributed by atoms with Gasteiger partial charge in [-0.1, -0.05) is 65.0 Å². The van der Waals surface area contributed by atoms with Gasteiger partial charge in [0, 0.05) is 12.0 Å². The van der Waals surface area contributed by atoms with Gasteiger partial charge in [0.25, 0.3) is 0 Å². The Morgan fingerprint density at radius 2 is 1.67 bits per heavy atom. The second-order valence-corrected chi connectivity index (χ2v) is 6.91. The van der Waals surface area contributed by atoms with Crippen molar-refractivity contribution in [2.24, 2.45) is 11.1 Å². The number of carbonyl (C=O) groups excluding carboxylic acids is 1. The van der Waals surface area contributed by atoms with E-state index in [1.165, 1.54) is 5.56 Å². The highest BCUT2D eigenvalue weighted by Gasteiger charge is 2.32. The van der Waals surface area contributed by atoms with Crippen LogP contribution < -0.4 is 11.1 Å². The lowest BCUT2D eigenvalue weighted by atomic mass is 9.75. The van der Waals surface area contributed by atoms with Gasteiger partial charge in [0.15, 0.2) is 0 Å². The molecule has 0 unspecified atom stereocenters. The quantitative estimate of drug-likeness (QED) is 0.845. The fourth-order valence-corrected chi connectivity index (χ4v) is 2.56. The largest absolute Gasteiger partial charge is 0.354 e. The maximum Gasteiger partial charge on any atom is 0.237 e. The molecule has 0 aliphatic carbocycles. The summed E-state index contributed by atoms with van der Waals surface area (Å²) in [6, 6.07) is 9.93.